The highest BCUT2D eigenvalue weighted by molar-refractivity contribution is 5.80. The summed E-state index contributed by atoms with van der Waals surface area (Å²) in [6, 6.07) is 13.3. The van der Waals surface area contributed by atoms with Gasteiger partial charge >= 0.3 is 12.1 Å². The van der Waals surface area contributed by atoms with Crippen molar-refractivity contribution in [3.63, 3.8) is 0 Å². The molecule has 0 bridgehead atoms. The third-order valence-corrected chi connectivity index (χ3v) is 5.24. The molecule has 0 fully saturated rings. The third-order valence-electron chi connectivity index (χ3n) is 5.24. The summed E-state index contributed by atoms with van der Waals surface area (Å²) >= 11 is 0. The number of benzene rings is 2. The molecule has 2 aromatic carbocycles. The van der Waals surface area contributed by atoms with Gasteiger partial charge in [0.1, 0.15) is 12.6 Å². The number of carboxylic acid groups (broad SMARTS) is 1. The highest BCUT2D eigenvalue weighted by Crippen LogP contribution is 2.44. The molecule has 2 amide bonds. The summed E-state index contributed by atoms with van der Waals surface area (Å²) < 4.78 is 31.1. The summed E-state index contributed by atoms with van der Waals surface area (Å²) in [7, 11) is 0. The number of hydrogen-bond acceptors (Lipinski definition) is 4. The van der Waals surface area contributed by atoms with Gasteiger partial charge in [0.25, 0.3) is 6.43 Å². The van der Waals surface area contributed by atoms with Crippen molar-refractivity contribution in [2.24, 2.45) is 0 Å². The fraction of sp³-hybridized carbons (Fsp3) is 0.348. The van der Waals surface area contributed by atoms with Crippen molar-refractivity contribution in [3.05, 3.63) is 59.7 Å². The minimum atomic E-state index is -3.01. The Morgan fingerprint density at radius 1 is 0.969 bits per heavy atom. The van der Waals surface area contributed by atoms with Gasteiger partial charge in [-0.1, -0.05) is 48.5 Å². The standard InChI is InChI=1S/C23H24F2N2O5/c1-13(10-20(28)27-19(22(24)25)11-21(29)30)26-23(31)32-12-18-16-8-4-2-6-14(16)15-7-3-5-9-17(15)18/h2-9,13,18-19,22H,10-12H2,1H3,(H,26,31)(H,27,28)(H,29,30)/t13-,19?/m1/s1. The van der Waals surface area contributed by atoms with Crippen LogP contribution in [-0.4, -0.2) is 48.2 Å². The number of ether oxygens (including phenoxy) is 1. The Bertz CT molecular complexity index is 952. The van der Waals surface area contributed by atoms with Crippen molar-refractivity contribution in [1.82, 2.24) is 10.6 Å². The maximum absolute atomic E-state index is 12.9. The molecule has 0 aromatic heterocycles. The molecule has 1 unspecified atom stereocenters. The lowest BCUT2D eigenvalue weighted by atomic mass is 9.98. The van der Waals surface area contributed by atoms with Gasteiger partial charge in [-0.3, -0.25) is 9.59 Å². The minimum absolute atomic E-state index is 0.102. The molecule has 7 nitrogen and oxygen atoms in total. The average Bonchev–Trinajstić information content (AvgIpc) is 3.05. The molecule has 2 aromatic rings. The molecule has 170 valence electrons. The van der Waals surface area contributed by atoms with E-state index in [4.69, 9.17) is 9.84 Å². The first kappa shape index (κ1) is 23.2. The molecular formula is C23H24F2N2O5. The monoisotopic (exact) mass is 446 g/mol. The molecular weight excluding hydrogens is 422 g/mol. The maximum atomic E-state index is 12.9. The Hall–Kier alpha value is -3.49. The van der Waals surface area contributed by atoms with E-state index in [2.05, 4.69) is 5.32 Å². The summed E-state index contributed by atoms with van der Waals surface area (Å²) in [6.45, 7) is 1.63. The van der Waals surface area contributed by atoms with Crippen LogP contribution in [0.2, 0.25) is 0 Å². The number of rotatable bonds is 9. The van der Waals surface area contributed by atoms with Crippen LogP contribution in [0.15, 0.2) is 48.5 Å². The van der Waals surface area contributed by atoms with Crippen LogP contribution in [0.4, 0.5) is 13.6 Å². The second kappa shape index (κ2) is 10.2. The van der Waals surface area contributed by atoms with E-state index < -0.39 is 42.9 Å². The Kier molecular flexibility index (Phi) is 7.40. The number of amides is 2. The molecule has 0 radical (unpaired) electrons. The smallest absolute Gasteiger partial charge is 0.407 e. The molecule has 0 spiro atoms. The predicted octanol–water partition coefficient (Wildman–Crippen LogP) is 3.53. The van der Waals surface area contributed by atoms with Crippen LogP contribution < -0.4 is 10.6 Å². The van der Waals surface area contributed by atoms with E-state index in [-0.39, 0.29) is 18.9 Å². The first-order valence-electron chi connectivity index (χ1n) is 10.2. The lowest BCUT2D eigenvalue weighted by molar-refractivity contribution is -0.139. The first-order chi connectivity index (χ1) is 15.3. The van der Waals surface area contributed by atoms with Gasteiger partial charge < -0.3 is 20.5 Å². The van der Waals surface area contributed by atoms with Crippen molar-refractivity contribution in [2.75, 3.05) is 6.61 Å². The van der Waals surface area contributed by atoms with Crippen LogP contribution in [0.1, 0.15) is 36.8 Å². The van der Waals surface area contributed by atoms with Crippen LogP contribution in [0.25, 0.3) is 11.1 Å². The molecule has 0 aliphatic heterocycles. The molecule has 0 heterocycles. The van der Waals surface area contributed by atoms with E-state index in [1.807, 2.05) is 53.8 Å². The van der Waals surface area contributed by atoms with E-state index in [0.717, 1.165) is 22.3 Å². The largest absolute Gasteiger partial charge is 0.481 e. The zero-order chi connectivity index (χ0) is 23.3. The number of fused-ring (bicyclic) bond motifs is 3. The van der Waals surface area contributed by atoms with Crippen LogP contribution in [-0.2, 0) is 14.3 Å². The Labute approximate surface area is 183 Å². The summed E-state index contributed by atoms with van der Waals surface area (Å²) in [5.41, 5.74) is 4.31. The number of halogens is 2. The molecule has 0 saturated carbocycles. The maximum Gasteiger partial charge on any atom is 0.407 e. The summed E-state index contributed by atoms with van der Waals surface area (Å²) in [5.74, 6) is -2.35. The van der Waals surface area contributed by atoms with Crippen LogP contribution in [0.3, 0.4) is 0 Å². The van der Waals surface area contributed by atoms with Gasteiger partial charge in [-0.2, -0.15) is 0 Å². The van der Waals surface area contributed by atoms with E-state index in [1.54, 1.807) is 0 Å². The molecule has 1 aliphatic carbocycles. The van der Waals surface area contributed by atoms with E-state index in [0.29, 0.717) is 0 Å². The average molecular weight is 446 g/mol. The fourth-order valence-corrected chi connectivity index (χ4v) is 3.83. The van der Waals surface area contributed by atoms with Gasteiger partial charge in [0.05, 0.1) is 6.42 Å². The summed E-state index contributed by atoms with van der Waals surface area (Å²) in [4.78, 5) is 34.8. The van der Waals surface area contributed by atoms with E-state index in [9.17, 15) is 23.2 Å². The third kappa shape index (κ3) is 5.60. The van der Waals surface area contributed by atoms with Crippen molar-refractivity contribution >= 4 is 18.0 Å². The lowest BCUT2D eigenvalue weighted by Crippen LogP contribution is -2.44. The molecule has 3 rings (SSSR count). The number of carbonyl (C=O) groups excluding carboxylic acids is 2. The first-order valence-corrected chi connectivity index (χ1v) is 10.2. The number of hydrogen-bond donors (Lipinski definition) is 3. The number of nitrogens with one attached hydrogen (secondary N) is 2. The highest BCUT2D eigenvalue weighted by atomic mass is 19.3. The number of alkyl halides is 2. The molecule has 1 aliphatic rings. The van der Waals surface area contributed by atoms with Gasteiger partial charge in [0, 0.05) is 18.4 Å². The lowest BCUT2D eigenvalue weighted by Gasteiger charge is -2.19. The molecule has 2 atom stereocenters. The van der Waals surface area contributed by atoms with Crippen LogP contribution >= 0.6 is 0 Å². The van der Waals surface area contributed by atoms with Gasteiger partial charge in [-0.15, -0.1) is 0 Å². The quantitative estimate of drug-likeness (QED) is 0.547. The van der Waals surface area contributed by atoms with Gasteiger partial charge in [0.2, 0.25) is 5.91 Å². The summed E-state index contributed by atoms with van der Waals surface area (Å²) in [5, 5.41) is 13.1. The topological polar surface area (TPSA) is 105 Å². The second-order valence-corrected chi connectivity index (χ2v) is 7.68. The van der Waals surface area contributed by atoms with Crippen molar-refractivity contribution in [1.29, 1.82) is 0 Å². The zero-order valence-electron chi connectivity index (χ0n) is 17.4. The van der Waals surface area contributed by atoms with Crippen molar-refractivity contribution in [2.45, 2.75) is 44.2 Å². The fourth-order valence-electron chi connectivity index (χ4n) is 3.83. The Morgan fingerprint density at radius 3 is 2.06 bits per heavy atom. The normalized spacial score (nSPS) is 14.2. The zero-order valence-corrected chi connectivity index (χ0v) is 17.4. The number of carboxylic acids is 1. The van der Waals surface area contributed by atoms with E-state index >= 15 is 0 Å². The van der Waals surface area contributed by atoms with Crippen LogP contribution in [0.5, 0.6) is 0 Å². The number of alkyl carbamates (subject to hydrolysis) is 1. The molecule has 32 heavy (non-hydrogen) atoms. The minimum Gasteiger partial charge on any atom is -0.481 e. The summed E-state index contributed by atoms with van der Waals surface area (Å²) in [6.07, 6.45) is -4.94. The van der Waals surface area contributed by atoms with E-state index in [1.165, 1.54) is 6.92 Å². The highest BCUT2D eigenvalue weighted by Gasteiger charge is 2.29. The van der Waals surface area contributed by atoms with Gasteiger partial charge in [-0.05, 0) is 29.2 Å². The molecule has 9 heteroatoms. The van der Waals surface area contributed by atoms with Crippen LogP contribution in [0, 0.1) is 0 Å². The van der Waals surface area contributed by atoms with Crippen molar-refractivity contribution in [3.8, 4) is 11.1 Å². The van der Waals surface area contributed by atoms with Crippen molar-refractivity contribution < 1.29 is 33.0 Å². The number of aliphatic carboxylic acids is 1. The van der Waals surface area contributed by atoms with Gasteiger partial charge in [0.15, 0.2) is 0 Å². The van der Waals surface area contributed by atoms with Gasteiger partial charge in [-0.25, -0.2) is 13.6 Å². The Morgan fingerprint density at radius 2 is 1.53 bits per heavy atom. The SMILES string of the molecule is C[C@H](CC(=O)NC(CC(=O)O)C(F)F)NC(=O)OCC1c2ccccc2-c2ccccc21. The Balaban J connectivity index is 1.52. The molecule has 0 saturated heterocycles. The number of carbonyl (C=O) groups is 3. The second-order valence-electron chi connectivity index (χ2n) is 7.68. The predicted molar refractivity (Wildman–Crippen MR) is 112 cm³/mol. The molecule has 3 N–H and O–H groups in total.